The third-order valence-electron chi connectivity index (χ3n) is 9.63. The van der Waals surface area contributed by atoms with Crippen molar-refractivity contribution in [1.29, 1.82) is 0 Å². The average Bonchev–Trinajstić information content (AvgIpc) is 3.72. The molecule has 3 nitrogen and oxygen atoms in total. The zero-order chi connectivity index (χ0) is 32.3. The molecule has 0 atom stereocenters. The maximum Gasteiger partial charge on any atom is 0.0909 e. The molecule has 0 radical (unpaired) electrons. The quantitative estimate of drug-likeness (QED) is 0.186. The molecule has 0 saturated carbocycles. The fourth-order valence-corrected chi connectivity index (χ4v) is 8.66. The monoisotopic (exact) mass is 643 g/mol. The summed E-state index contributed by atoms with van der Waals surface area (Å²) in [4.78, 5) is 7.38. The van der Waals surface area contributed by atoms with E-state index in [4.69, 9.17) is 4.98 Å². The topological polar surface area (TPSA) is 21.1 Å². The Hall–Kier alpha value is -6.23. The van der Waals surface area contributed by atoms with Crippen molar-refractivity contribution < 1.29 is 0 Å². The van der Waals surface area contributed by atoms with E-state index in [0.717, 1.165) is 28.3 Å². The fraction of sp³-hybridized carbons (Fsp3) is 0. The maximum atomic E-state index is 4.97. The third kappa shape index (κ3) is 4.46. The first-order valence-electron chi connectivity index (χ1n) is 16.5. The summed E-state index contributed by atoms with van der Waals surface area (Å²) in [5, 5.41) is 6.18. The number of hydrogen-bond acceptors (Lipinski definition) is 3. The highest BCUT2D eigenvalue weighted by Gasteiger charge is 2.21. The van der Waals surface area contributed by atoms with Gasteiger partial charge in [0, 0.05) is 44.1 Å². The van der Waals surface area contributed by atoms with Crippen molar-refractivity contribution in [2.45, 2.75) is 0 Å². The normalized spacial score (nSPS) is 11.7. The predicted molar refractivity (Wildman–Crippen MR) is 209 cm³/mol. The number of rotatable bonds is 5. The summed E-state index contributed by atoms with van der Waals surface area (Å²) in [5.41, 5.74) is 10.2. The molecular formula is C45H29N3S. The summed E-state index contributed by atoms with van der Waals surface area (Å²) in [6.45, 7) is 0. The summed E-state index contributed by atoms with van der Waals surface area (Å²) in [7, 11) is 0. The Morgan fingerprint density at radius 2 is 1.12 bits per heavy atom. The highest BCUT2D eigenvalue weighted by molar-refractivity contribution is 7.27. The fourth-order valence-electron chi connectivity index (χ4n) is 7.36. The van der Waals surface area contributed by atoms with Crippen LogP contribution in [0.3, 0.4) is 0 Å². The Bertz CT molecular complexity index is 2820. The Balaban J connectivity index is 1.24. The van der Waals surface area contributed by atoms with Crippen molar-refractivity contribution in [1.82, 2.24) is 9.55 Å². The smallest absolute Gasteiger partial charge is 0.0909 e. The second kappa shape index (κ2) is 11.2. The molecule has 3 heterocycles. The van der Waals surface area contributed by atoms with E-state index in [9.17, 15) is 0 Å². The number of thiophene rings is 1. The number of fused-ring (bicyclic) bond motifs is 8. The third-order valence-corrected chi connectivity index (χ3v) is 10.9. The van der Waals surface area contributed by atoms with Crippen LogP contribution in [0.25, 0.3) is 69.7 Å². The molecule has 0 unspecified atom stereocenters. The Labute approximate surface area is 287 Å². The second-order valence-electron chi connectivity index (χ2n) is 12.4. The van der Waals surface area contributed by atoms with Gasteiger partial charge < -0.3 is 9.47 Å². The molecule has 0 aliphatic heterocycles. The molecule has 0 spiro atoms. The second-order valence-corrected chi connectivity index (χ2v) is 13.4. The van der Waals surface area contributed by atoms with E-state index in [1.165, 1.54) is 58.5 Å². The first-order chi connectivity index (χ1) is 24.3. The predicted octanol–water partition coefficient (Wildman–Crippen LogP) is 12.8. The van der Waals surface area contributed by atoms with E-state index in [2.05, 4.69) is 179 Å². The van der Waals surface area contributed by atoms with Crippen molar-refractivity contribution >= 4 is 81.3 Å². The summed E-state index contributed by atoms with van der Waals surface area (Å²) in [6, 6.07) is 61.1. The van der Waals surface area contributed by atoms with Gasteiger partial charge in [-0.25, -0.2) is 0 Å². The van der Waals surface area contributed by atoms with Crippen LogP contribution >= 0.6 is 11.3 Å². The first-order valence-corrected chi connectivity index (χ1v) is 17.4. The molecule has 49 heavy (non-hydrogen) atoms. The molecule has 0 aliphatic rings. The molecule has 10 rings (SSSR count). The molecule has 3 aromatic heterocycles. The lowest BCUT2D eigenvalue weighted by Crippen LogP contribution is -2.10. The van der Waals surface area contributed by atoms with Gasteiger partial charge in [0.2, 0.25) is 0 Å². The van der Waals surface area contributed by atoms with Gasteiger partial charge in [-0.15, -0.1) is 11.3 Å². The van der Waals surface area contributed by atoms with E-state index >= 15 is 0 Å². The number of benzene rings is 7. The van der Waals surface area contributed by atoms with Crippen molar-refractivity contribution in [3.05, 3.63) is 176 Å². The summed E-state index contributed by atoms with van der Waals surface area (Å²) in [5.74, 6) is 0. The first kappa shape index (κ1) is 27.8. The summed E-state index contributed by atoms with van der Waals surface area (Å²) >= 11 is 1.83. The lowest BCUT2D eigenvalue weighted by molar-refractivity contribution is 1.18. The molecule has 10 aromatic rings. The van der Waals surface area contributed by atoms with E-state index in [0.29, 0.717) is 0 Å². The minimum Gasteiger partial charge on any atom is -0.309 e. The highest BCUT2D eigenvalue weighted by Crippen LogP contribution is 2.46. The Morgan fingerprint density at radius 3 is 1.96 bits per heavy atom. The Morgan fingerprint density at radius 1 is 0.469 bits per heavy atom. The van der Waals surface area contributed by atoms with Gasteiger partial charge in [-0.05, 0) is 70.4 Å². The molecule has 230 valence electrons. The molecule has 4 heteroatoms. The van der Waals surface area contributed by atoms with E-state index in [1.807, 2.05) is 17.5 Å². The van der Waals surface area contributed by atoms with Crippen LogP contribution in [0.5, 0.6) is 0 Å². The van der Waals surface area contributed by atoms with Gasteiger partial charge in [0.1, 0.15) is 0 Å². The molecule has 0 saturated heterocycles. The zero-order valence-corrected chi connectivity index (χ0v) is 27.3. The number of hydrogen-bond donors (Lipinski definition) is 0. The van der Waals surface area contributed by atoms with Crippen LogP contribution in [-0.4, -0.2) is 9.55 Å². The lowest BCUT2D eigenvalue weighted by atomic mass is 10.0. The number of pyridine rings is 1. The Kier molecular flexibility index (Phi) is 6.36. The van der Waals surface area contributed by atoms with Gasteiger partial charge in [-0.1, -0.05) is 121 Å². The zero-order valence-electron chi connectivity index (χ0n) is 26.5. The molecule has 0 N–H and O–H groups in total. The highest BCUT2D eigenvalue weighted by atomic mass is 32.1. The molecule has 0 aliphatic carbocycles. The average molecular weight is 644 g/mol. The molecule has 0 bridgehead atoms. The summed E-state index contributed by atoms with van der Waals surface area (Å²) < 4.78 is 4.83. The number of para-hydroxylation sites is 2. The minimum absolute atomic E-state index is 1.04. The van der Waals surface area contributed by atoms with Crippen LogP contribution < -0.4 is 4.90 Å². The van der Waals surface area contributed by atoms with Crippen LogP contribution in [0.15, 0.2) is 176 Å². The van der Waals surface area contributed by atoms with Crippen LogP contribution in [0.1, 0.15) is 0 Å². The minimum atomic E-state index is 1.04. The van der Waals surface area contributed by atoms with Gasteiger partial charge in [0.25, 0.3) is 0 Å². The number of nitrogens with zero attached hydrogens (tertiary/aromatic N) is 3. The number of anilines is 3. The van der Waals surface area contributed by atoms with Crippen molar-refractivity contribution in [3.8, 4) is 16.8 Å². The molecular weight excluding hydrogens is 615 g/mol. The van der Waals surface area contributed by atoms with Crippen LogP contribution in [-0.2, 0) is 0 Å². The van der Waals surface area contributed by atoms with Gasteiger partial charge in [-0.2, -0.15) is 0 Å². The van der Waals surface area contributed by atoms with Crippen LogP contribution in [0, 0.1) is 0 Å². The molecule has 0 amide bonds. The SMILES string of the molecule is c1ccc(-c2ccc(N(c3ccc4c5ccccc5n(-c5ccccc5)c4c3)c3ccnc4c3sc3c5ccccc5ccc43)cc2)cc1. The van der Waals surface area contributed by atoms with Gasteiger partial charge in [0.15, 0.2) is 0 Å². The van der Waals surface area contributed by atoms with Crippen molar-refractivity contribution in [3.63, 3.8) is 0 Å². The van der Waals surface area contributed by atoms with Crippen LogP contribution in [0.2, 0.25) is 0 Å². The maximum absolute atomic E-state index is 4.97. The van der Waals surface area contributed by atoms with Gasteiger partial charge in [-0.3, -0.25) is 4.98 Å². The standard InChI is InChI=1S/C45H29N3S/c1-3-11-30(12-4-1)31-19-22-34(23-20-31)47(41-27-28-46-43-39-25-21-32-13-7-8-16-36(32)44(39)49-45(41)43)35-24-26-38-37-17-9-10-18-40(37)48(42(38)29-35)33-14-5-2-6-15-33/h1-29H. The summed E-state index contributed by atoms with van der Waals surface area (Å²) in [6.07, 6.45) is 1.96. The van der Waals surface area contributed by atoms with E-state index < -0.39 is 0 Å². The van der Waals surface area contributed by atoms with E-state index in [1.54, 1.807) is 0 Å². The van der Waals surface area contributed by atoms with E-state index in [-0.39, 0.29) is 0 Å². The molecule has 0 fully saturated rings. The van der Waals surface area contributed by atoms with Crippen molar-refractivity contribution in [2.75, 3.05) is 4.90 Å². The van der Waals surface area contributed by atoms with Crippen molar-refractivity contribution in [2.24, 2.45) is 0 Å². The van der Waals surface area contributed by atoms with Gasteiger partial charge in [0.05, 0.1) is 26.9 Å². The number of aromatic nitrogens is 2. The molecule has 7 aromatic carbocycles. The van der Waals surface area contributed by atoms with Gasteiger partial charge >= 0.3 is 0 Å². The van der Waals surface area contributed by atoms with Crippen LogP contribution in [0.4, 0.5) is 17.1 Å². The lowest BCUT2D eigenvalue weighted by Gasteiger charge is -2.26. The largest absolute Gasteiger partial charge is 0.309 e.